The van der Waals surface area contributed by atoms with Crippen LogP contribution in [0, 0.1) is 0 Å². The van der Waals surface area contributed by atoms with Crippen LogP contribution in [0.4, 0.5) is 0 Å². The average molecular weight is 251 g/mol. The molecular formula is C14H21NOS. The van der Waals surface area contributed by atoms with Gasteiger partial charge in [0.15, 0.2) is 0 Å². The molecule has 0 aromatic heterocycles. The minimum Gasteiger partial charge on any atom is -0.382 e. The molecular weight excluding hydrogens is 230 g/mol. The molecule has 1 aliphatic rings. The summed E-state index contributed by atoms with van der Waals surface area (Å²) in [5, 5.41) is 3.64. The maximum atomic E-state index is 5.35. The predicted molar refractivity (Wildman–Crippen MR) is 74.5 cm³/mol. The lowest BCUT2D eigenvalue weighted by atomic mass is 10.0. The average Bonchev–Trinajstić information content (AvgIpc) is 2.39. The van der Waals surface area contributed by atoms with Gasteiger partial charge in [0.2, 0.25) is 0 Å². The zero-order valence-corrected chi connectivity index (χ0v) is 11.3. The Morgan fingerprint density at radius 3 is 3.18 bits per heavy atom. The van der Waals surface area contributed by atoms with E-state index in [1.807, 2.05) is 18.7 Å². The number of nitrogens with one attached hydrogen (secondary N) is 1. The van der Waals surface area contributed by atoms with E-state index in [1.54, 1.807) is 0 Å². The summed E-state index contributed by atoms with van der Waals surface area (Å²) in [6, 6.07) is 9.30. The Morgan fingerprint density at radius 1 is 1.41 bits per heavy atom. The van der Waals surface area contributed by atoms with Crippen molar-refractivity contribution in [1.29, 1.82) is 0 Å². The lowest BCUT2D eigenvalue weighted by molar-refractivity contribution is 0.144. The van der Waals surface area contributed by atoms with Crippen LogP contribution in [0.15, 0.2) is 24.3 Å². The van der Waals surface area contributed by atoms with Crippen molar-refractivity contribution in [1.82, 2.24) is 5.32 Å². The summed E-state index contributed by atoms with van der Waals surface area (Å²) in [7, 11) is 0. The summed E-state index contributed by atoms with van der Waals surface area (Å²) in [5.41, 5.74) is 2.98. The monoisotopic (exact) mass is 251 g/mol. The normalized spacial score (nSPS) is 19.0. The SMILES string of the molecule is CCOCCCNC1CSCc2ccccc21. The van der Waals surface area contributed by atoms with E-state index >= 15 is 0 Å². The minimum atomic E-state index is 0.520. The Bertz CT molecular complexity index is 343. The fourth-order valence-corrected chi connectivity index (χ4v) is 3.28. The zero-order valence-electron chi connectivity index (χ0n) is 10.4. The summed E-state index contributed by atoms with van der Waals surface area (Å²) < 4.78 is 5.35. The van der Waals surface area contributed by atoms with E-state index in [9.17, 15) is 0 Å². The maximum Gasteiger partial charge on any atom is 0.0477 e. The molecule has 2 rings (SSSR count). The standard InChI is InChI=1S/C14H21NOS/c1-2-16-9-5-8-15-14-11-17-10-12-6-3-4-7-13(12)14/h3-4,6-7,14-15H,2,5,8-11H2,1H3. The van der Waals surface area contributed by atoms with E-state index in [-0.39, 0.29) is 0 Å². The molecule has 0 saturated heterocycles. The highest BCUT2D eigenvalue weighted by Gasteiger charge is 2.18. The molecule has 94 valence electrons. The Morgan fingerprint density at radius 2 is 2.29 bits per heavy atom. The summed E-state index contributed by atoms with van der Waals surface area (Å²) in [6.07, 6.45) is 1.09. The van der Waals surface area contributed by atoms with E-state index in [4.69, 9.17) is 4.74 Å². The summed E-state index contributed by atoms with van der Waals surface area (Å²) in [5.74, 6) is 2.35. The van der Waals surface area contributed by atoms with Crippen molar-refractivity contribution in [3.05, 3.63) is 35.4 Å². The molecule has 1 aromatic rings. The largest absolute Gasteiger partial charge is 0.382 e. The van der Waals surface area contributed by atoms with Crippen LogP contribution in [0.3, 0.4) is 0 Å². The van der Waals surface area contributed by atoms with E-state index in [0.29, 0.717) is 6.04 Å². The van der Waals surface area contributed by atoms with Gasteiger partial charge < -0.3 is 10.1 Å². The van der Waals surface area contributed by atoms with Crippen molar-refractivity contribution in [3.8, 4) is 0 Å². The lowest BCUT2D eigenvalue weighted by Gasteiger charge is -2.26. The minimum absolute atomic E-state index is 0.520. The van der Waals surface area contributed by atoms with E-state index in [2.05, 4.69) is 29.6 Å². The molecule has 0 aliphatic carbocycles. The molecule has 1 unspecified atom stereocenters. The van der Waals surface area contributed by atoms with Gasteiger partial charge in [-0.15, -0.1) is 0 Å². The van der Waals surface area contributed by atoms with Gasteiger partial charge in [-0.25, -0.2) is 0 Å². The topological polar surface area (TPSA) is 21.3 Å². The Hall–Kier alpha value is -0.510. The zero-order chi connectivity index (χ0) is 11.9. The predicted octanol–water partition coefficient (Wildman–Crippen LogP) is 2.99. The molecule has 1 aliphatic heterocycles. The number of rotatable bonds is 6. The molecule has 0 radical (unpaired) electrons. The summed E-state index contributed by atoms with van der Waals surface area (Å²) >= 11 is 2.02. The molecule has 17 heavy (non-hydrogen) atoms. The number of benzene rings is 1. The second kappa shape index (κ2) is 7.04. The van der Waals surface area contributed by atoms with Crippen LogP contribution in [-0.2, 0) is 10.5 Å². The number of ether oxygens (including phenoxy) is 1. The first-order valence-corrected chi connectivity index (χ1v) is 7.54. The molecule has 1 aromatic carbocycles. The van der Waals surface area contributed by atoms with Gasteiger partial charge in [0.25, 0.3) is 0 Å². The molecule has 0 bridgehead atoms. The van der Waals surface area contributed by atoms with E-state index in [0.717, 1.165) is 31.9 Å². The van der Waals surface area contributed by atoms with Gasteiger partial charge in [0.05, 0.1) is 0 Å². The molecule has 3 heteroatoms. The van der Waals surface area contributed by atoms with Crippen molar-refractivity contribution in [2.45, 2.75) is 25.1 Å². The second-order valence-electron chi connectivity index (χ2n) is 4.27. The van der Waals surface area contributed by atoms with Crippen LogP contribution in [0.25, 0.3) is 0 Å². The first kappa shape index (κ1) is 12.9. The number of thioether (sulfide) groups is 1. The van der Waals surface area contributed by atoms with Crippen LogP contribution < -0.4 is 5.32 Å². The molecule has 0 spiro atoms. The molecule has 0 saturated carbocycles. The Kier molecular flexibility index (Phi) is 5.36. The first-order valence-electron chi connectivity index (χ1n) is 6.38. The number of hydrogen-bond acceptors (Lipinski definition) is 3. The van der Waals surface area contributed by atoms with E-state index in [1.165, 1.54) is 16.9 Å². The number of hydrogen-bond donors (Lipinski definition) is 1. The van der Waals surface area contributed by atoms with Gasteiger partial charge in [-0.1, -0.05) is 24.3 Å². The fourth-order valence-electron chi connectivity index (χ4n) is 2.15. The highest BCUT2D eigenvalue weighted by molar-refractivity contribution is 7.98. The van der Waals surface area contributed by atoms with Crippen LogP contribution in [0.2, 0.25) is 0 Å². The van der Waals surface area contributed by atoms with Crippen molar-refractivity contribution in [2.75, 3.05) is 25.5 Å². The third-order valence-corrected chi connectivity index (χ3v) is 4.12. The maximum absolute atomic E-state index is 5.35. The third kappa shape index (κ3) is 3.73. The Balaban J connectivity index is 1.82. The molecule has 2 nitrogen and oxygen atoms in total. The molecule has 0 amide bonds. The van der Waals surface area contributed by atoms with Crippen LogP contribution in [0.5, 0.6) is 0 Å². The molecule has 0 fully saturated rings. The highest BCUT2D eigenvalue weighted by Crippen LogP contribution is 2.31. The van der Waals surface area contributed by atoms with Crippen LogP contribution >= 0.6 is 11.8 Å². The van der Waals surface area contributed by atoms with Crippen LogP contribution in [0.1, 0.15) is 30.5 Å². The van der Waals surface area contributed by atoms with Gasteiger partial charge >= 0.3 is 0 Å². The van der Waals surface area contributed by atoms with Crippen LogP contribution in [-0.4, -0.2) is 25.5 Å². The molecule has 1 atom stereocenters. The third-order valence-electron chi connectivity index (χ3n) is 3.03. The lowest BCUT2D eigenvalue weighted by Crippen LogP contribution is -2.28. The van der Waals surface area contributed by atoms with Crippen molar-refractivity contribution < 1.29 is 4.74 Å². The van der Waals surface area contributed by atoms with Crippen molar-refractivity contribution in [3.63, 3.8) is 0 Å². The second-order valence-corrected chi connectivity index (χ2v) is 5.30. The summed E-state index contributed by atoms with van der Waals surface area (Å²) in [6.45, 7) is 4.77. The van der Waals surface area contributed by atoms with Gasteiger partial charge in [-0.05, 0) is 31.0 Å². The smallest absolute Gasteiger partial charge is 0.0477 e. The van der Waals surface area contributed by atoms with Gasteiger partial charge in [-0.3, -0.25) is 0 Å². The van der Waals surface area contributed by atoms with Gasteiger partial charge in [-0.2, -0.15) is 11.8 Å². The quantitative estimate of drug-likeness (QED) is 0.785. The van der Waals surface area contributed by atoms with Gasteiger partial charge in [0.1, 0.15) is 0 Å². The first-order chi connectivity index (χ1) is 8.42. The summed E-state index contributed by atoms with van der Waals surface area (Å²) in [4.78, 5) is 0. The van der Waals surface area contributed by atoms with Gasteiger partial charge in [0, 0.05) is 30.8 Å². The van der Waals surface area contributed by atoms with Crippen molar-refractivity contribution >= 4 is 11.8 Å². The van der Waals surface area contributed by atoms with Crippen molar-refractivity contribution in [2.24, 2.45) is 0 Å². The Labute approximate surface area is 108 Å². The molecule has 1 heterocycles. The molecule has 1 N–H and O–H groups in total. The fraction of sp³-hybridized carbons (Fsp3) is 0.571. The van der Waals surface area contributed by atoms with E-state index < -0.39 is 0 Å². The number of fused-ring (bicyclic) bond motifs is 1. The highest BCUT2D eigenvalue weighted by atomic mass is 32.2.